The molecule has 1 heterocycles. The first-order valence-electron chi connectivity index (χ1n) is 10.8. The molecule has 6 nitrogen and oxygen atoms in total. The van der Waals surface area contributed by atoms with Crippen LogP contribution in [-0.4, -0.2) is 44.0 Å². The highest BCUT2D eigenvalue weighted by Crippen LogP contribution is 2.42. The molecule has 1 aliphatic heterocycles. The van der Waals surface area contributed by atoms with Crippen LogP contribution in [0.25, 0.3) is 0 Å². The fraction of sp³-hybridized carbons (Fsp3) is 0.440. The van der Waals surface area contributed by atoms with Crippen molar-refractivity contribution in [3.05, 3.63) is 59.4 Å². The minimum absolute atomic E-state index is 0.0423. The van der Waals surface area contributed by atoms with Crippen LogP contribution >= 0.6 is 0 Å². The van der Waals surface area contributed by atoms with Gasteiger partial charge in [-0.25, -0.2) is 4.39 Å². The van der Waals surface area contributed by atoms with Crippen LogP contribution in [0.1, 0.15) is 37.3 Å². The Bertz CT molecular complexity index is 945. The number of likely N-dealkylation sites (tertiary alicyclic amines) is 1. The summed E-state index contributed by atoms with van der Waals surface area (Å²) >= 11 is 0. The van der Waals surface area contributed by atoms with Crippen molar-refractivity contribution in [3.63, 3.8) is 0 Å². The van der Waals surface area contributed by atoms with Gasteiger partial charge in [-0.3, -0.25) is 9.59 Å². The number of ether oxygens (including phenoxy) is 2. The predicted octanol–water partition coefficient (Wildman–Crippen LogP) is 3.75. The Hall–Kier alpha value is -3.09. The highest BCUT2D eigenvalue weighted by Gasteiger charge is 2.41. The molecule has 1 saturated heterocycles. The minimum atomic E-state index is -0.437. The summed E-state index contributed by atoms with van der Waals surface area (Å²) in [5.74, 6) is 0.303. The molecule has 0 aromatic heterocycles. The maximum absolute atomic E-state index is 13.2. The van der Waals surface area contributed by atoms with E-state index >= 15 is 0 Å². The first-order valence-corrected chi connectivity index (χ1v) is 10.8. The molecule has 7 heteroatoms. The number of rotatable bonds is 8. The lowest BCUT2D eigenvalue weighted by molar-refractivity contribution is -0.131. The Morgan fingerprint density at radius 2 is 1.81 bits per heavy atom. The van der Waals surface area contributed by atoms with Gasteiger partial charge in [0.1, 0.15) is 5.82 Å². The van der Waals surface area contributed by atoms with Crippen molar-refractivity contribution in [2.75, 3.05) is 27.3 Å². The normalized spacial score (nSPS) is 18.0. The molecule has 1 fully saturated rings. The quantitative estimate of drug-likeness (QED) is 0.676. The summed E-state index contributed by atoms with van der Waals surface area (Å²) in [6.45, 7) is 5.07. The number of hydrogen-bond acceptors (Lipinski definition) is 4. The number of halogens is 1. The summed E-state index contributed by atoms with van der Waals surface area (Å²) in [5, 5.41) is 2.96. The van der Waals surface area contributed by atoms with Gasteiger partial charge in [0.05, 0.1) is 20.1 Å². The Labute approximate surface area is 188 Å². The average molecular weight is 443 g/mol. The van der Waals surface area contributed by atoms with Crippen molar-refractivity contribution in [2.45, 2.75) is 32.7 Å². The third kappa shape index (κ3) is 5.39. The van der Waals surface area contributed by atoms with Crippen LogP contribution in [-0.2, 0) is 16.1 Å². The molecular weight excluding hydrogens is 411 g/mol. The molecule has 0 spiro atoms. The van der Waals surface area contributed by atoms with E-state index in [0.717, 1.165) is 11.1 Å². The molecule has 1 aliphatic rings. The number of nitrogens with one attached hydrogen (secondary N) is 1. The molecule has 2 atom stereocenters. The number of para-hydroxylation sites is 1. The lowest BCUT2D eigenvalue weighted by atomic mass is 9.87. The second-order valence-corrected chi connectivity index (χ2v) is 8.54. The molecule has 0 radical (unpaired) electrons. The Morgan fingerprint density at radius 3 is 2.44 bits per heavy atom. The topological polar surface area (TPSA) is 67.9 Å². The maximum Gasteiger partial charge on any atom is 0.225 e. The van der Waals surface area contributed by atoms with Crippen LogP contribution in [0.3, 0.4) is 0 Å². The van der Waals surface area contributed by atoms with E-state index in [2.05, 4.69) is 5.32 Å². The Balaban J connectivity index is 1.85. The summed E-state index contributed by atoms with van der Waals surface area (Å²) < 4.78 is 24.2. The highest BCUT2D eigenvalue weighted by molar-refractivity contribution is 5.83. The number of amides is 2. The standard InChI is InChI=1S/C25H31FN2O4/c1-16(2)12-23(29)28-14-20(19-6-5-7-22(31-3)24(19)32-4)21(15-28)25(30)27-13-17-8-10-18(26)11-9-17/h5-11,16,20-21H,12-15H2,1-4H3,(H,27,30)/t20-,21+/m0/s1. The summed E-state index contributed by atoms with van der Waals surface area (Å²) in [5.41, 5.74) is 1.65. The average Bonchev–Trinajstić information content (AvgIpc) is 3.23. The number of methoxy groups -OCH3 is 2. The fourth-order valence-corrected chi connectivity index (χ4v) is 4.19. The van der Waals surface area contributed by atoms with Crippen LogP contribution in [0, 0.1) is 17.7 Å². The van der Waals surface area contributed by atoms with Gasteiger partial charge in [-0.15, -0.1) is 0 Å². The zero-order chi connectivity index (χ0) is 23.3. The van der Waals surface area contributed by atoms with Gasteiger partial charge >= 0.3 is 0 Å². The lowest BCUT2D eigenvalue weighted by Crippen LogP contribution is -2.35. The van der Waals surface area contributed by atoms with Crippen molar-refractivity contribution < 1.29 is 23.5 Å². The summed E-state index contributed by atoms with van der Waals surface area (Å²) in [7, 11) is 3.14. The van der Waals surface area contributed by atoms with Gasteiger partial charge in [0.2, 0.25) is 11.8 Å². The summed E-state index contributed by atoms with van der Waals surface area (Å²) in [4.78, 5) is 27.8. The van der Waals surface area contributed by atoms with Crippen LogP contribution < -0.4 is 14.8 Å². The van der Waals surface area contributed by atoms with Gasteiger partial charge in [0.25, 0.3) is 0 Å². The largest absolute Gasteiger partial charge is 0.493 e. The Morgan fingerprint density at radius 1 is 1.09 bits per heavy atom. The smallest absolute Gasteiger partial charge is 0.225 e. The van der Waals surface area contributed by atoms with Gasteiger partial charge in [0.15, 0.2) is 11.5 Å². The molecule has 2 aromatic carbocycles. The molecule has 1 N–H and O–H groups in total. The van der Waals surface area contributed by atoms with Gasteiger partial charge in [-0.1, -0.05) is 38.1 Å². The number of nitrogens with zero attached hydrogens (tertiary/aromatic N) is 1. The molecule has 32 heavy (non-hydrogen) atoms. The van der Waals surface area contributed by atoms with Gasteiger partial charge in [-0.2, -0.15) is 0 Å². The molecular formula is C25H31FN2O4. The van der Waals surface area contributed by atoms with E-state index in [1.807, 2.05) is 32.0 Å². The van der Waals surface area contributed by atoms with E-state index in [1.165, 1.54) is 12.1 Å². The van der Waals surface area contributed by atoms with Crippen LogP contribution in [0.15, 0.2) is 42.5 Å². The molecule has 0 bridgehead atoms. The van der Waals surface area contributed by atoms with Crippen LogP contribution in [0.4, 0.5) is 4.39 Å². The number of carbonyl (C=O) groups excluding carboxylic acids is 2. The molecule has 172 valence electrons. The van der Waals surface area contributed by atoms with E-state index in [1.54, 1.807) is 31.3 Å². The third-order valence-corrected chi connectivity index (χ3v) is 5.81. The molecule has 0 saturated carbocycles. The van der Waals surface area contributed by atoms with E-state index in [-0.39, 0.29) is 36.0 Å². The third-order valence-electron chi connectivity index (χ3n) is 5.81. The predicted molar refractivity (Wildman–Crippen MR) is 120 cm³/mol. The number of benzene rings is 2. The van der Waals surface area contributed by atoms with E-state index in [0.29, 0.717) is 31.0 Å². The molecule has 0 aliphatic carbocycles. The van der Waals surface area contributed by atoms with Crippen molar-refractivity contribution in [3.8, 4) is 11.5 Å². The summed E-state index contributed by atoms with van der Waals surface area (Å²) in [6, 6.07) is 11.6. The van der Waals surface area contributed by atoms with Crippen molar-refractivity contribution in [2.24, 2.45) is 11.8 Å². The zero-order valence-corrected chi connectivity index (χ0v) is 19.1. The van der Waals surface area contributed by atoms with Gasteiger partial charge in [-0.05, 0) is 29.7 Å². The first-order chi connectivity index (χ1) is 15.3. The Kier molecular flexibility index (Phi) is 7.72. The highest BCUT2D eigenvalue weighted by atomic mass is 19.1. The van der Waals surface area contributed by atoms with E-state index < -0.39 is 5.92 Å². The molecule has 3 rings (SSSR count). The summed E-state index contributed by atoms with van der Waals surface area (Å²) in [6.07, 6.45) is 0.436. The minimum Gasteiger partial charge on any atom is -0.493 e. The van der Waals surface area contributed by atoms with Crippen LogP contribution in [0.2, 0.25) is 0 Å². The maximum atomic E-state index is 13.2. The zero-order valence-electron chi connectivity index (χ0n) is 19.1. The lowest BCUT2D eigenvalue weighted by Gasteiger charge is -2.21. The number of hydrogen-bond donors (Lipinski definition) is 1. The second-order valence-electron chi connectivity index (χ2n) is 8.54. The van der Waals surface area contributed by atoms with E-state index in [4.69, 9.17) is 9.47 Å². The van der Waals surface area contributed by atoms with E-state index in [9.17, 15) is 14.0 Å². The van der Waals surface area contributed by atoms with Crippen molar-refractivity contribution in [1.29, 1.82) is 0 Å². The van der Waals surface area contributed by atoms with Crippen LogP contribution in [0.5, 0.6) is 11.5 Å². The van der Waals surface area contributed by atoms with Crippen molar-refractivity contribution >= 4 is 11.8 Å². The van der Waals surface area contributed by atoms with Crippen molar-refractivity contribution in [1.82, 2.24) is 10.2 Å². The number of carbonyl (C=O) groups is 2. The van der Waals surface area contributed by atoms with Gasteiger partial charge in [0, 0.05) is 37.5 Å². The molecule has 2 amide bonds. The molecule has 0 unspecified atom stereocenters. The fourth-order valence-electron chi connectivity index (χ4n) is 4.19. The monoisotopic (exact) mass is 442 g/mol. The SMILES string of the molecule is COc1cccc([C@@H]2CN(C(=O)CC(C)C)C[C@H]2C(=O)NCc2ccc(F)cc2)c1OC. The molecule has 2 aromatic rings. The second kappa shape index (κ2) is 10.5. The first kappa shape index (κ1) is 23.6. The van der Waals surface area contributed by atoms with Gasteiger partial charge < -0.3 is 19.7 Å².